The summed E-state index contributed by atoms with van der Waals surface area (Å²) in [6, 6.07) is 0. The summed E-state index contributed by atoms with van der Waals surface area (Å²) in [5, 5.41) is 0. The van der Waals surface area contributed by atoms with Crippen molar-refractivity contribution in [3.05, 3.63) is 24.3 Å². The minimum atomic E-state index is 0.771. The van der Waals surface area contributed by atoms with Gasteiger partial charge in [0.2, 0.25) is 0 Å². The van der Waals surface area contributed by atoms with Crippen LogP contribution in [-0.2, 0) is 4.74 Å². The zero-order chi connectivity index (χ0) is 7.11. The number of ether oxygens (including phenoxy) is 1. The fraction of sp³-hybridized carbons (Fsp3) is 0.286. The maximum Gasteiger partial charge on any atom is 0.111 e. The van der Waals surface area contributed by atoms with E-state index in [9.17, 15) is 0 Å². The van der Waals surface area contributed by atoms with Crippen LogP contribution in [-0.4, -0.2) is 6.72 Å². The van der Waals surface area contributed by atoms with E-state index in [1.54, 1.807) is 12.3 Å². The van der Waals surface area contributed by atoms with Gasteiger partial charge in [-0.15, -0.1) is 0 Å². The van der Waals surface area contributed by atoms with Gasteiger partial charge in [0, 0.05) is 0 Å². The Morgan fingerprint density at radius 1 is 1.67 bits per heavy atom. The van der Waals surface area contributed by atoms with Crippen molar-refractivity contribution in [2.24, 2.45) is 4.99 Å². The van der Waals surface area contributed by atoms with Crippen molar-refractivity contribution in [1.29, 1.82) is 0 Å². The van der Waals surface area contributed by atoms with Crippen LogP contribution in [0.3, 0.4) is 0 Å². The van der Waals surface area contributed by atoms with E-state index in [4.69, 9.17) is 4.74 Å². The smallest absolute Gasteiger partial charge is 0.111 e. The van der Waals surface area contributed by atoms with Crippen LogP contribution >= 0.6 is 0 Å². The Morgan fingerprint density at radius 3 is 2.78 bits per heavy atom. The predicted octanol–water partition coefficient (Wildman–Crippen LogP) is 2.10. The average molecular weight is 125 g/mol. The van der Waals surface area contributed by atoms with Gasteiger partial charge in [-0.25, -0.2) is 0 Å². The molecule has 0 atom stereocenters. The third kappa shape index (κ3) is 4.81. The first-order valence-electron chi connectivity index (χ1n) is 2.71. The Morgan fingerprint density at radius 2 is 2.33 bits per heavy atom. The van der Waals surface area contributed by atoms with Crippen LogP contribution < -0.4 is 0 Å². The molecular weight excluding hydrogens is 114 g/mol. The fourth-order valence-corrected chi connectivity index (χ4v) is 0.254. The summed E-state index contributed by atoms with van der Waals surface area (Å²) in [6.07, 6.45) is 4.91. The Bertz CT molecular complexity index is 136. The highest BCUT2D eigenvalue weighted by atomic mass is 16.5. The molecule has 0 aromatic rings. The van der Waals surface area contributed by atoms with Gasteiger partial charge in [0.1, 0.15) is 6.26 Å². The van der Waals surface area contributed by atoms with Crippen LogP contribution in [0.2, 0.25) is 0 Å². The SMILES string of the molecule is C=N/C(C)=C\O/C=C\C. The molecule has 0 aromatic heterocycles. The third-order valence-electron chi connectivity index (χ3n) is 0.703. The van der Waals surface area contributed by atoms with Crippen molar-refractivity contribution in [3.8, 4) is 0 Å². The van der Waals surface area contributed by atoms with Gasteiger partial charge in [0.25, 0.3) is 0 Å². The molecule has 0 aliphatic heterocycles. The molecule has 0 heterocycles. The fourth-order valence-electron chi connectivity index (χ4n) is 0.254. The van der Waals surface area contributed by atoms with E-state index in [2.05, 4.69) is 11.7 Å². The Balaban J connectivity index is 3.56. The Kier molecular flexibility index (Phi) is 4.50. The first-order valence-corrected chi connectivity index (χ1v) is 2.71. The largest absolute Gasteiger partial charge is 0.471 e. The maximum atomic E-state index is 4.86. The second-order valence-corrected chi connectivity index (χ2v) is 1.52. The first-order chi connectivity index (χ1) is 4.31. The van der Waals surface area contributed by atoms with Gasteiger partial charge in [-0.3, -0.25) is 4.99 Å². The van der Waals surface area contributed by atoms with E-state index in [0.717, 1.165) is 5.70 Å². The molecule has 0 saturated carbocycles. The highest BCUT2D eigenvalue weighted by Crippen LogP contribution is 1.92. The monoisotopic (exact) mass is 125 g/mol. The Hall–Kier alpha value is -1.05. The van der Waals surface area contributed by atoms with Gasteiger partial charge in [-0.05, 0) is 20.6 Å². The molecule has 0 bridgehead atoms. The average Bonchev–Trinajstić information content (AvgIpc) is 1.89. The van der Waals surface area contributed by atoms with Crippen LogP contribution in [0.4, 0.5) is 0 Å². The summed E-state index contributed by atoms with van der Waals surface area (Å²) in [6.45, 7) is 7.01. The molecule has 0 aromatic carbocycles. The summed E-state index contributed by atoms with van der Waals surface area (Å²) in [5.74, 6) is 0. The molecule has 0 aliphatic rings. The molecule has 2 heteroatoms. The summed E-state index contributed by atoms with van der Waals surface area (Å²) in [5.41, 5.74) is 0.771. The van der Waals surface area contributed by atoms with Crippen molar-refractivity contribution in [2.75, 3.05) is 0 Å². The minimum absolute atomic E-state index is 0.771. The molecular formula is C7H11NO. The summed E-state index contributed by atoms with van der Waals surface area (Å²) >= 11 is 0. The van der Waals surface area contributed by atoms with E-state index in [-0.39, 0.29) is 0 Å². The molecule has 0 rings (SSSR count). The van der Waals surface area contributed by atoms with Gasteiger partial charge in [-0.1, -0.05) is 6.08 Å². The lowest BCUT2D eigenvalue weighted by atomic mass is 10.6. The standard InChI is InChI=1S/C7H11NO/c1-4-5-9-6-7(2)8-3/h4-6H,3H2,1-2H3/b5-4-,7-6-. The zero-order valence-corrected chi connectivity index (χ0v) is 5.79. The molecule has 9 heavy (non-hydrogen) atoms. The molecule has 2 nitrogen and oxygen atoms in total. The minimum Gasteiger partial charge on any atom is -0.471 e. The molecule has 0 N–H and O–H groups in total. The number of aliphatic imine (C=N–C) groups is 1. The quantitative estimate of drug-likeness (QED) is 0.418. The van der Waals surface area contributed by atoms with Crippen LogP contribution in [0.15, 0.2) is 29.3 Å². The van der Waals surface area contributed by atoms with E-state index < -0.39 is 0 Å². The third-order valence-corrected chi connectivity index (χ3v) is 0.703. The van der Waals surface area contributed by atoms with Crippen LogP contribution in [0, 0.1) is 0 Å². The molecule has 0 spiro atoms. The van der Waals surface area contributed by atoms with Crippen molar-refractivity contribution < 1.29 is 4.74 Å². The molecule has 0 saturated heterocycles. The van der Waals surface area contributed by atoms with Crippen molar-refractivity contribution in [1.82, 2.24) is 0 Å². The number of rotatable bonds is 3. The van der Waals surface area contributed by atoms with Gasteiger partial charge in [0.15, 0.2) is 0 Å². The topological polar surface area (TPSA) is 21.6 Å². The van der Waals surface area contributed by atoms with E-state index in [1.807, 2.05) is 13.8 Å². The molecule has 0 fully saturated rings. The lowest BCUT2D eigenvalue weighted by molar-refractivity contribution is 0.397. The highest BCUT2D eigenvalue weighted by molar-refractivity contribution is 5.27. The normalized spacial score (nSPS) is 12.0. The lowest BCUT2D eigenvalue weighted by Gasteiger charge is -1.89. The summed E-state index contributed by atoms with van der Waals surface area (Å²) < 4.78 is 4.86. The van der Waals surface area contributed by atoms with E-state index in [1.165, 1.54) is 6.26 Å². The maximum absolute atomic E-state index is 4.86. The number of hydrogen-bond donors (Lipinski definition) is 0. The number of allylic oxidation sites excluding steroid dienone is 2. The van der Waals surface area contributed by atoms with Crippen LogP contribution in [0.5, 0.6) is 0 Å². The molecule has 0 unspecified atom stereocenters. The van der Waals surface area contributed by atoms with Crippen molar-refractivity contribution in [2.45, 2.75) is 13.8 Å². The molecule has 0 aliphatic carbocycles. The predicted molar refractivity (Wildman–Crippen MR) is 39.2 cm³/mol. The summed E-state index contributed by atoms with van der Waals surface area (Å²) in [7, 11) is 0. The van der Waals surface area contributed by atoms with E-state index in [0.29, 0.717) is 0 Å². The second-order valence-electron chi connectivity index (χ2n) is 1.52. The second kappa shape index (κ2) is 5.09. The molecule has 0 amide bonds. The van der Waals surface area contributed by atoms with Crippen molar-refractivity contribution >= 4 is 6.72 Å². The van der Waals surface area contributed by atoms with Gasteiger partial charge < -0.3 is 4.74 Å². The van der Waals surface area contributed by atoms with Gasteiger partial charge in [-0.2, -0.15) is 0 Å². The summed E-state index contributed by atoms with van der Waals surface area (Å²) in [4.78, 5) is 3.61. The lowest BCUT2D eigenvalue weighted by Crippen LogP contribution is -1.69. The van der Waals surface area contributed by atoms with Crippen molar-refractivity contribution in [3.63, 3.8) is 0 Å². The van der Waals surface area contributed by atoms with Crippen LogP contribution in [0.25, 0.3) is 0 Å². The zero-order valence-electron chi connectivity index (χ0n) is 5.79. The molecule has 50 valence electrons. The van der Waals surface area contributed by atoms with Gasteiger partial charge in [0.05, 0.1) is 12.0 Å². The Labute approximate surface area is 55.6 Å². The first kappa shape index (κ1) is 7.95. The van der Waals surface area contributed by atoms with E-state index >= 15 is 0 Å². The molecule has 0 radical (unpaired) electrons. The highest BCUT2D eigenvalue weighted by Gasteiger charge is 1.75. The number of hydrogen-bond acceptors (Lipinski definition) is 2. The number of nitrogens with zero attached hydrogens (tertiary/aromatic N) is 1. The van der Waals surface area contributed by atoms with Gasteiger partial charge >= 0.3 is 0 Å². The van der Waals surface area contributed by atoms with Crippen LogP contribution in [0.1, 0.15) is 13.8 Å².